The first-order chi connectivity index (χ1) is 12.1. The topological polar surface area (TPSA) is 70.8 Å². The molecular weight excluding hydrogens is 349 g/mol. The van der Waals surface area contributed by atoms with Gasteiger partial charge in [-0.15, -0.1) is 0 Å². The van der Waals surface area contributed by atoms with E-state index in [1.54, 1.807) is 6.07 Å². The number of nitro benzene ring substituents is 1. The van der Waals surface area contributed by atoms with Crippen molar-refractivity contribution < 1.29 is 23.5 Å². The Morgan fingerprint density at radius 3 is 2.84 bits per heavy atom. The number of rotatable bonds is 6. The molecule has 2 aromatic rings. The molecule has 1 aliphatic rings. The van der Waals surface area contributed by atoms with Gasteiger partial charge in [-0.2, -0.15) is 11.8 Å². The smallest absolute Gasteiger partial charge is 0.270 e. The van der Waals surface area contributed by atoms with Crippen molar-refractivity contribution in [2.75, 3.05) is 13.9 Å². The van der Waals surface area contributed by atoms with Crippen LogP contribution in [0.2, 0.25) is 0 Å². The molecule has 3 rings (SSSR count). The van der Waals surface area contributed by atoms with Crippen LogP contribution >= 0.6 is 11.8 Å². The zero-order valence-electron chi connectivity index (χ0n) is 13.5. The van der Waals surface area contributed by atoms with Gasteiger partial charge in [0.15, 0.2) is 6.79 Å². The van der Waals surface area contributed by atoms with E-state index in [9.17, 15) is 14.5 Å². The van der Waals surface area contributed by atoms with Crippen LogP contribution in [0.25, 0.3) is 0 Å². The highest BCUT2D eigenvalue weighted by Gasteiger charge is 2.21. The fourth-order valence-electron chi connectivity index (χ4n) is 2.62. The van der Waals surface area contributed by atoms with E-state index in [-0.39, 0.29) is 24.9 Å². The maximum absolute atomic E-state index is 13.4. The minimum Gasteiger partial charge on any atom is -0.496 e. The molecule has 0 saturated heterocycles. The first-order valence-corrected chi connectivity index (χ1v) is 8.65. The molecule has 0 radical (unpaired) electrons. The van der Waals surface area contributed by atoms with E-state index in [1.165, 1.54) is 43.1 Å². The summed E-state index contributed by atoms with van der Waals surface area (Å²) in [7, 11) is 1.53. The second-order valence-electron chi connectivity index (χ2n) is 5.41. The Hall–Kier alpha value is -2.32. The van der Waals surface area contributed by atoms with Gasteiger partial charge in [-0.3, -0.25) is 10.1 Å². The lowest BCUT2D eigenvalue weighted by Gasteiger charge is -2.20. The molecule has 0 N–H and O–H groups in total. The molecule has 6 nitrogen and oxygen atoms in total. The number of hydrogen-bond donors (Lipinski definition) is 0. The summed E-state index contributed by atoms with van der Waals surface area (Å²) in [5.74, 6) is 1.92. The fraction of sp³-hybridized carbons (Fsp3) is 0.294. The highest BCUT2D eigenvalue weighted by Crippen LogP contribution is 2.36. The lowest BCUT2D eigenvalue weighted by Crippen LogP contribution is -2.13. The fourth-order valence-corrected chi connectivity index (χ4v) is 3.61. The molecule has 0 aromatic heterocycles. The largest absolute Gasteiger partial charge is 0.496 e. The molecule has 132 valence electrons. The van der Waals surface area contributed by atoms with Crippen LogP contribution in [0.5, 0.6) is 11.5 Å². The number of nitrogens with zero attached hydrogens (tertiary/aromatic N) is 1. The highest BCUT2D eigenvalue weighted by molar-refractivity contribution is 7.97. The molecule has 0 bridgehead atoms. The average Bonchev–Trinajstić information content (AvgIpc) is 2.61. The van der Waals surface area contributed by atoms with E-state index < -0.39 is 4.92 Å². The first kappa shape index (κ1) is 17.5. The lowest BCUT2D eigenvalue weighted by molar-refractivity contribution is -0.385. The number of methoxy groups -OCH3 is 1. The summed E-state index contributed by atoms with van der Waals surface area (Å²) in [5, 5.41) is 11.1. The van der Waals surface area contributed by atoms with Gasteiger partial charge in [0.1, 0.15) is 17.3 Å². The Balaban J connectivity index is 1.78. The number of benzene rings is 2. The molecule has 0 atom stereocenters. The number of non-ortho nitro benzene ring substituents is 1. The van der Waals surface area contributed by atoms with E-state index in [0.29, 0.717) is 28.6 Å². The second-order valence-corrected chi connectivity index (χ2v) is 6.40. The SMILES string of the molecule is COc1ccc(F)cc1CSCc1cc([N+](=O)[O-])cc2c1OCOC2. The van der Waals surface area contributed by atoms with E-state index in [1.807, 2.05) is 0 Å². The molecule has 1 aliphatic heterocycles. The molecule has 2 aromatic carbocycles. The van der Waals surface area contributed by atoms with Gasteiger partial charge in [0, 0.05) is 40.3 Å². The number of halogens is 1. The molecule has 0 amide bonds. The van der Waals surface area contributed by atoms with Crippen LogP contribution in [0.4, 0.5) is 10.1 Å². The molecule has 0 fully saturated rings. The van der Waals surface area contributed by atoms with Gasteiger partial charge < -0.3 is 14.2 Å². The van der Waals surface area contributed by atoms with Gasteiger partial charge in [0.25, 0.3) is 5.69 Å². The van der Waals surface area contributed by atoms with Crippen molar-refractivity contribution in [3.8, 4) is 11.5 Å². The minimum atomic E-state index is -0.432. The maximum Gasteiger partial charge on any atom is 0.270 e. The monoisotopic (exact) mass is 365 g/mol. The van der Waals surface area contributed by atoms with Gasteiger partial charge >= 0.3 is 0 Å². The zero-order chi connectivity index (χ0) is 17.8. The molecule has 1 heterocycles. The Morgan fingerprint density at radius 2 is 2.08 bits per heavy atom. The minimum absolute atomic E-state index is 0.00628. The van der Waals surface area contributed by atoms with Crippen molar-refractivity contribution in [2.45, 2.75) is 18.1 Å². The van der Waals surface area contributed by atoms with Crippen molar-refractivity contribution in [3.05, 3.63) is 63.0 Å². The predicted molar refractivity (Wildman–Crippen MR) is 91.3 cm³/mol. The third kappa shape index (κ3) is 4.02. The molecule has 25 heavy (non-hydrogen) atoms. The Labute approximate surface area is 148 Å². The quantitative estimate of drug-likeness (QED) is 0.568. The third-order valence-corrected chi connectivity index (χ3v) is 4.77. The van der Waals surface area contributed by atoms with E-state index in [2.05, 4.69) is 0 Å². The van der Waals surface area contributed by atoms with Gasteiger partial charge in [0.2, 0.25) is 0 Å². The first-order valence-electron chi connectivity index (χ1n) is 7.49. The molecule has 0 unspecified atom stereocenters. The molecule has 8 heteroatoms. The summed E-state index contributed by atoms with van der Waals surface area (Å²) in [6.07, 6.45) is 0. The molecule has 0 spiro atoms. The second kappa shape index (κ2) is 7.71. The van der Waals surface area contributed by atoms with Crippen LogP contribution in [0.3, 0.4) is 0 Å². The number of hydrogen-bond acceptors (Lipinski definition) is 6. The standard InChI is InChI=1S/C17H16FNO5S/c1-22-16-3-2-14(18)4-12(16)8-25-9-13-6-15(19(20)21)5-11-7-23-10-24-17(11)13/h2-6H,7-10H2,1H3. The number of nitro groups is 1. The molecule has 0 saturated carbocycles. The van der Waals surface area contributed by atoms with Gasteiger partial charge in [-0.05, 0) is 18.2 Å². The van der Waals surface area contributed by atoms with Crippen molar-refractivity contribution in [1.29, 1.82) is 0 Å². The number of fused-ring (bicyclic) bond motifs is 1. The van der Waals surface area contributed by atoms with Gasteiger partial charge in [-0.25, -0.2) is 4.39 Å². The van der Waals surface area contributed by atoms with Crippen LogP contribution in [0, 0.1) is 15.9 Å². The summed E-state index contributed by atoms with van der Waals surface area (Å²) in [4.78, 5) is 10.7. The lowest BCUT2D eigenvalue weighted by atomic mass is 10.1. The van der Waals surface area contributed by atoms with Crippen LogP contribution in [-0.4, -0.2) is 18.8 Å². The van der Waals surface area contributed by atoms with Crippen LogP contribution in [-0.2, 0) is 22.8 Å². The number of thioether (sulfide) groups is 1. The Morgan fingerprint density at radius 1 is 1.28 bits per heavy atom. The van der Waals surface area contributed by atoms with Crippen molar-refractivity contribution >= 4 is 17.4 Å². The highest BCUT2D eigenvalue weighted by atomic mass is 32.2. The Bertz CT molecular complexity index is 799. The normalized spacial score (nSPS) is 13.0. The summed E-state index contributed by atoms with van der Waals surface area (Å²) in [6, 6.07) is 7.34. The third-order valence-electron chi connectivity index (χ3n) is 3.74. The maximum atomic E-state index is 13.4. The average molecular weight is 365 g/mol. The summed E-state index contributed by atoms with van der Waals surface area (Å²) in [5.41, 5.74) is 2.13. The predicted octanol–water partition coefficient (Wildman–Crippen LogP) is 4.04. The summed E-state index contributed by atoms with van der Waals surface area (Å²) >= 11 is 1.50. The van der Waals surface area contributed by atoms with E-state index in [4.69, 9.17) is 14.2 Å². The van der Waals surface area contributed by atoms with E-state index >= 15 is 0 Å². The summed E-state index contributed by atoms with van der Waals surface area (Å²) < 4.78 is 29.4. The van der Waals surface area contributed by atoms with Crippen molar-refractivity contribution in [3.63, 3.8) is 0 Å². The van der Waals surface area contributed by atoms with Gasteiger partial charge in [0.05, 0.1) is 18.6 Å². The molecular formula is C17H16FNO5S. The summed E-state index contributed by atoms with van der Waals surface area (Å²) in [6.45, 7) is 0.409. The zero-order valence-corrected chi connectivity index (χ0v) is 14.3. The molecule has 0 aliphatic carbocycles. The van der Waals surface area contributed by atoms with Crippen molar-refractivity contribution in [2.24, 2.45) is 0 Å². The van der Waals surface area contributed by atoms with E-state index in [0.717, 1.165) is 11.1 Å². The van der Waals surface area contributed by atoms with Gasteiger partial charge in [-0.1, -0.05) is 0 Å². The number of ether oxygens (including phenoxy) is 3. The van der Waals surface area contributed by atoms with Crippen LogP contribution < -0.4 is 9.47 Å². The van der Waals surface area contributed by atoms with Crippen LogP contribution in [0.15, 0.2) is 30.3 Å². The Kier molecular flexibility index (Phi) is 5.40. The van der Waals surface area contributed by atoms with Crippen molar-refractivity contribution in [1.82, 2.24) is 0 Å². The van der Waals surface area contributed by atoms with Crippen LogP contribution in [0.1, 0.15) is 16.7 Å².